The molecule has 0 aliphatic carbocycles. The van der Waals surface area contributed by atoms with Gasteiger partial charge in [0.1, 0.15) is 23.7 Å². The molecule has 0 aromatic heterocycles. The molecular weight excluding hydrogens is 306 g/mol. The number of piperidine rings is 1. The Morgan fingerprint density at radius 2 is 2.00 bits per heavy atom. The molecule has 1 aromatic rings. The summed E-state index contributed by atoms with van der Waals surface area (Å²) >= 11 is 0. The van der Waals surface area contributed by atoms with E-state index in [1.807, 2.05) is 20.8 Å². The molecule has 0 saturated carbocycles. The molecule has 0 bridgehead atoms. The van der Waals surface area contributed by atoms with Crippen molar-refractivity contribution in [2.24, 2.45) is 5.92 Å². The molecule has 1 aromatic carbocycles. The van der Waals surface area contributed by atoms with Gasteiger partial charge in [0.2, 0.25) is 0 Å². The van der Waals surface area contributed by atoms with Gasteiger partial charge in [-0.15, -0.1) is 0 Å². The molecule has 2 rings (SSSR count). The molecule has 1 fully saturated rings. The molecule has 0 spiro atoms. The standard InChI is InChI=1S/C19H27NO4/c1-19(2,3)24-18(22)17-12-14(8-10-20-17)9-11-23-16-6-4-15(13-21)5-7-16/h4-7,13-14,17,20H,8-12H2,1-3H3. The molecule has 24 heavy (non-hydrogen) atoms. The van der Waals surface area contributed by atoms with Crippen LogP contribution in [0.25, 0.3) is 0 Å². The smallest absolute Gasteiger partial charge is 0.323 e. The van der Waals surface area contributed by atoms with Gasteiger partial charge in [-0.25, -0.2) is 0 Å². The maximum atomic E-state index is 12.2. The molecule has 1 saturated heterocycles. The number of aldehydes is 1. The molecule has 2 atom stereocenters. The Kier molecular flexibility index (Phi) is 6.37. The maximum Gasteiger partial charge on any atom is 0.323 e. The second kappa shape index (κ2) is 8.29. The van der Waals surface area contributed by atoms with Crippen LogP contribution in [0.1, 0.15) is 50.4 Å². The zero-order valence-electron chi connectivity index (χ0n) is 14.7. The van der Waals surface area contributed by atoms with Crippen molar-refractivity contribution in [2.45, 2.75) is 51.7 Å². The number of hydrogen-bond donors (Lipinski definition) is 1. The summed E-state index contributed by atoms with van der Waals surface area (Å²) in [5, 5.41) is 3.24. The van der Waals surface area contributed by atoms with E-state index >= 15 is 0 Å². The summed E-state index contributed by atoms with van der Waals surface area (Å²) in [6, 6.07) is 6.86. The van der Waals surface area contributed by atoms with Crippen LogP contribution in [0, 0.1) is 5.92 Å². The van der Waals surface area contributed by atoms with E-state index in [9.17, 15) is 9.59 Å². The lowest BCUT2D eigenvalue weighted by atomic mass is 9.90. The third kappa shape index (κ3) is 5.96. The molecule has 1 N–H and O–H groups in total. The normalized spacial score (nSPS) is 21.1. The highest BCUT2D eigenvalue weighted by Gasteiger charge is 2.30. The van der Waals surface area contributed by atoms with E-state index in [1.165, 1.54) is 0 Å². The maximum absolute atomic E-state index is 12.2. The largest absolute Gasteiger partial charge is 0.494 e. The second-order valence-corrected chi connectivity index (χ2v) is 7.25. The number of rotatable bonds is 6. The van der Waals surface area contributed by atoms with E-state index in [0.29, 0.717) is 18.1 Å². The van der Waals surface area contributed by atoms with Crippen LogP contribution in [0.4, 0.5) is 0 Å². The van der Waals surface area contributed by atoms with Crippen LogP contribution < -0.4 is 10.1 Å². The van der Waals surface area contributed by atoms with E-state index in [2.05, 4.69) is 5.32 Å². The lowest BCUT2D eigenvalue weighted by molar-refractivity contribution is -0.158. The molecular formula is C19H27NO4. The molecule has 132 valence electrons. The zero-order chi connectivity index (χ0) is 17.6. The highest BCUT2D eigenvalue weighted by molar-refractivity contribution is 5.76. The van der Waals surface area contributed by atoms with E-state index < -0.39 is 5.60 Å². The summed E-state index contributed by atoms with van der Waals surface area (Å²) in [6.07, 6.45) is 3.53. The first-order chi connectivity index (χ1) is 11.4. The number of carbonyl (C=O) groups excluding carboxylic acids is 2. The van der Waals surface area contributed by atoms with Crippen LogP contribution >= 0.6 is 0 Å². The van der Waals surface area contributed by atoms with Gasteiger partial charge in [0.25, 0.3) is 0 Å². The minimum absolute atomic E-state index is 0.169. The summed E-state index contributed by atoms with van der Waals surface area (Å²) in [6.45, 7) is 7.08. The lowest BCUT2D eigenvalue weighted by Crippen LogP contribution is -2.46. The summed E-state index contributed by atoms with van der Waals surface area (Å²) in [5.74, 6) is 1.04. The number of carbonyl (C=O) groups is 2. The number of esters is 1. The Morgan fingerprint density at radius 3 is 2.62 bits per heavy atom. The fourth-order valence-electron chi connectivity index (χ4n) is 2.80. The summed E-state index contributed by atoms with van der Waals surface area (Å²) in [4.78, 5) is 22.8. The summed E-state index contributed by atoms with van der Waals surface area (Å²) < 4.78 is 11.2. The molecule has 5 heteroatoms. The summed E-state index contributed by atoms with van der Waals surface area (Å²) in [5.41, 5.74) is 0.184. The van der Waals surface area contributed by atoms with Crippen molar-refractivity contribution in [3.8, 4) is 5.75 Å². The SMILES string of the molecule is CC(C)(C)OC(=O)C1CC(CCOc2ccc(C=O)cc2)CCN1. The highest BCUT2D eigenvalue weighted by Crippen LogP contribution is 2.22. The highest BCUT2D eigenvalue weighted by atomic mass is 16.6. The van der Waals surface area contributed by atoms with Crippen molar-refractivity contribution in [1.82, 2.24) is 5.32 Å². The van der Waals surface area contributed by atoms with Crippen molar-refractivity contribution in [3.05, 3.63) is 29.8 Å². The fraction of sp³-hybridized carbons (Fsp3) is 0.579. The van der Waals surface area contributed by atoms with Gasteiger partial charge in [0.15, 0.2) is 0 Å². The van der Waals surface area contributed by atoms with Gasteiger partial charge < -0.3 is 14.8 Å². The molecule has 1 heterocycles. The third-order valence-electron chi connectivity index (χ3n) is 4.01. The first kappa shape index (κ1) is 18.5. The average molecular weight is 333 g/mol. The van der Waals surface area contributed by atoms with Crippen molar-refractivity contribution >= 4 is 12.3 Å². The quantitative estimate of drug-likeness (QED) is 0.640. The number of nitrogens with one attached hydrogen (secondary N) is 1. The molecule has 2 unspecified atom stereocenters. The number of benzene rings is 1. The third-order valence-corrected chi connectivity index (χ3v) is 4.01. The Morgan fingerprint density at radius 1 is 1.29 bits per heavy atom. The van der Waals surface area contributed by atoms with Crippen LogP contribution in [-0.4, -0.2) is 37.0 Å². The topological polar surface area (TPSA) is 64.6 Å². The molecule has 1 aliphatic heterocycles. The predicted molar refractivity (Wildman–Crippen MR) is 92.3 cm³/mol. The number of ether oxygens (including phenoxy) is 2. The van der Waals surface area contributed by atoms with Crippen molar-refractivity contribution < 1.29 is 19.1 Å². The van der Waals surface area contributed by atoms with Gasteiger partial charge in [-0.05, 0) is 76.8 Å². The Labute approximate surface area is 143 Å². The van der Waals surface area contributed by atoms with Gasteiger partial charge in [-0.3, -0.25) is 9.59 Å². The van der Waals surface area contributed by atoms with Gasteiger partial charge in [-0.2, -0.15) is 0 Å². The zero-order valence-corrected chi connectivity index (χ0v) is 14.7. The first-order valence-electron chi connectivity index (χ1n) is 8.51. The van der Waals surface area contributed by atoms with E-state index in [0.717, 1.165) is 37.8 Å². The molecule has 0 radical (unpaired) electrons. The lowest BCUT2D eigenvalue weighted by Gasteiger charge is -2.31. The number of hydrogen-bond acceptors (Lipinski definition) is 5. The van der Waals surface area contributed by atoms with Crippen LogP contribution in [0.15, 0.2) is 24.3 Å². The van der Waals surface area contributed by atoms with Crippen LogP contribution in [-0.2, 0) is 9.53 Å². The van der Waals surface area contributed by atoms with E-state index in [-0.39, 0.29) is 12.0 Å². The fourth-order valence-corrected chi connectivity index (χ4v) is 2.80. The van der Waals surface area contributed by atoms with Crippen molar-refractivity contribution in [3.63, 3.8) is 0 Å². The average Bonchev–Trinajstić information content (AvgIpc) is 2.54. The van der Waals surface area contributed by atoms with Crippen LogP contribution in [0.5, 0.6) is 5.75 Å². The monoisotopic (exact) mass is 333 g/mol. The van der Waals surface area contributed by atoms with E-state index in [4.69, 9.17) is 9.47 Å². The molecule has 5 nitrogen and oxygen atoms in total. The van der Waals surface area contributed by atoms with E-state index in [1.54, 1.807) is 24.3 Å². The van der Waals surface area contributed by atoms with Gasteiger partial charge >= 0.3 is 5.97 Å². The second-order valence-electron chi connectivity index (χ2n) is 7.25. The Balaban J connectivity index is 1.76. The van der Waals surface area contributed by atoms with Gasteiger partial charge in [0, 0.05) is 5.56 Å². The summed E-state index contributed by atoms with van der Waals surface area (Å²) in [7, 11) is 0. The van der Waals surface area contributed by atoms with Crippen LogP contribution in [0.2, 0.25) is 0 Å². The van der Waals surface area contributed by atoms with Gasteiger partial charge in [0.05, 0.1) is 6.61 Å². The minimum atomic E-state index is -0.456. The van der Waals surface area contributed by atoms with Gasteiger partial charge in [-0.1, -0.05) is 0 Å². The van der Waals surface area contributed by atoms with Crippen molar-refractivity contribution in [2.75, 3.05) is 13.2 Å². The van der Waals surface area contributed by atoms with Crippen LogP contribution in [0.3, 0.4) is 0 Å². The Bertz CT molecular complexity index is 547. The minimum Gasteiger partial charge on any atom is -0.494 e. The van der Waals surface area contributed by atoms with Crippen molar-refractivity contribution in [1.29, 1.82) is 0 Å². The first-order valence-corrected chi connectivity index (χ1v) is 8.51. The predicted octanol–water partition coefficient (Wildman–Crippen LogP) is 2.98. The Hall–Kier alpha value is -1.88. The molecule has 0 amide bonds. The molecule has 1 aliphatic rings.